The van der Waals surface area contributed by atoms with Crippen LogP contribution < -0.4 is 11.5 Å². The molecular formula is C11H14N4O3S2. The molecule has 0 aliphatic carbocycles. The molecule has 0 spiro atoms. The molecule has 20 heavy (non-hydrogen) atoms. The van der Waals surface area contributed by atoms with Crippen LogP contribution in [0.3, 0.4) is 0 Å². The van der Waals surface area contributed by atoms with Crippen molar-refractivity contribution in [2.24, 2.45) is 17.4 Å². The highest BCUT2D eigenvalue weighted by molar-refractivity contribution is 7.89. The third kappa shape index (κ3) is 2.79. The van der Waals surface area contributed by atoms with Crippen molar-refractivity contribution in [2.75, 3.05) is 13.1 Å². The number of thiocarbonyl (C=S) groups is 1. The molecule has 0 saturated carbocycles. The predicted octanol–water partition coefficient (Wildman–Crippen LogP) is -0.788. The molecule has 1 amide bonds. The lowest BCUT2D eigenvalue weighted by atomic mass is 10.1. The maximum Gasteiger partial charge on any atom is 0.244 e. The van der Waals surface area contributed by atoms with Crippen LogP contribution in [-0.2, 0) is 14.8 Å². The van der Waals surface area contributed by atoms with Crippen molar-refractivity contribution in [1.29, 1.82) is 0 Å². The lowest BCUT2D eigenvalue weighted by Crippen LogP contribution is -2.32. The van der Waals surface area contributed by atoms with Gasteiger partial charge < -0.3 is 11.5 Å². The van der Waals surface area contributed by atoms with Gasteiger partial charge in [-0.05, 0) is 18.6 Å². The summed E-state index contributed by atoms with van der Waals surface area (Å²) < 4.78 is 25.9. The highest BCUT2D eigenvalue weighted by Gasteiger charge is 2.35. The topological polar surface area (TPSA) is 119 Å². The van der Waals surface area contributed by atoms with Gasteiger partial charge in [0.25, 0.3) is 0 Å². The lowest BCUT2D eigenvalue weighted by Gasteiger charge is -2.15. The Morgan fingerprint density at radius 3 is 2.55 bits per heavy atom. The normalized spacial score (nSPS) is 19.9. The third-order valence-electron chi connectivity index (χ3n) is 3.18. The van der Waals surface area contributed by atoms with Crippen LogP contribution in [0.5, 0.6) is 0 Å². The summed E-state index contributed by atoms with van der Waals surface area (Å²) in [5.41, 5.74) is 11.0. The van der Waals surface area contributed by atoms with Gasteiger partial charge in [0, 0.05) is 19.3 Å². The fraction of sp³-hybridized carbons (Fsp3) is 0.364. The first-order valence-electron chi connectivity index (χ1n) is 5.87. The van der Waals surface area contributed by atoms with Crippen LogP contribution in [0.4, 0.5) is 0 Å². The fourth-order valence-electron chi connectivity index (χ4n) is 2.01. The van der Waals surface area contributed by atoms with E-state index >= 15 is 0 Å². The highest BCUT2D eigenvalue weighted by Crippen LogP contribution is 2.23. The zero-order chi connectivity index (χ0) is 14.9. The van der Waals surface area contributed by atoms with Gasteiger partial charge in [0.15, 0.2) is 0 Å². The van der Waals surface area contributed by atoms with E-state index in [1.54, 1.807) is 0 Å². The predicted molar refractivity (Wildman–Crippen MR) is 76.2 cm³/mol. The minimum Gasteiger partial charge on any atom is -0.388 e. The van der Waals surface area contributed by atoms with Gasteiger partial charge in [0.2, 0.25) is 15.9 Å². The summed E-state index contributed by atoms with van der Waals surface area (Å²) in [6.07, 6.45) is 1.65. The molecule has 1 fully saturated rings. The summed E-state index contributed by atoms with van der Waals surface area (Å²) >= 11 is 4.75. The molecule has 0 radical (unpaired) electrons. The lowest BCUT2D eigenvalue weighted by molar-refractivity contribution is -0.121. The van der Waals surface area contributed by atoms with Crippen molar-refractivity contribution < 1.29 is 13.2 Å². The SMILES string of the molecule is NC(=O)C1CCN(S(=O)(=O)c2ccc(C(N)=S)nc2)C1. The van der Waals surface area contributed by atoms with Crippen molar-refractivity contribution >= 4 is 33.1 Å². The van der Waals surface area contributed by atoms with E-state index in [9.17, 15) is 13.2 Å². The first-order chi connectivity index (χ1) is 9.32. The van der Waals surface area contributed by atoms with Crippen LogP contribution in [0.25, 0.3) is 0 Å². The minimum absolute atomic E-state index is 0.0441. The Bertz CT molecular complexity index is 642. The Kier molecular flexibility index (Phi) is 4.02. The maximum absolute atomic E-state index is 12.4. The van der Waals surface area contributed by atoms with E-state index in [2.05, 4.69) is 4.98 Å². The number of carbonyl (C=O) groups is 1. The standard InChI is InChI=1S/C11H14N4O3S2/c12-10(16)7-3-4-15(6-7)20(17,18)8-1-2-9(11(13)19)14-5-8/h1-2,5,7H,3-4,6H2,(H2,12,16)(H2,13,19). The summed E-state index contributed by atoms with van der Waals surface area (Å²) in [5, 5.41) is 0. The molecule has 9 heteroatoms. The van der Waals surface area contributed by atoms with E-state index in [1.165, 1.54) is 22.6 Å². The number of primary amides is 1. The van der Waals surface area contributed by atoms with Crippen LogP contribution in [-0.4, -0.2) is 41.7 Å². The molecule has 1 aliphatic rings. The number of pyridine rings is 1. The average Bonchev–Trinajstić information content (AvgIpc) is 2.89. The quantitative estimate of drug-likeness (QED) is 0.703. The maximum atomic E-state index is 12.4. The minimum atomic E-state index is -3.67. The van der Waals surface area contributed by atoms with Crippen LogP contribution >= 0.6 is 12.2 Å². The summed E-state index contributed by atoms with van der Waals surface area (Å²) in [6, 6.07) is 2.85. The highest BCUT2D eigenvalue weighted by atomic mass is 32.2. The van der Waals surface area contributed by atoms with Crippen LogP contribution in [0, 0.1) is 5.92 Å². The summed E-state index contributed by atoms with van der Waals surface area (Å²) in [5.74, 6) is -0.918. The molecule has 1 saturated heterocycles. The molecule has 1 aliphatic heterocycles. The fourth-order valence-corrected chi connectivity index (χ4v) is 3.57. The number of aromatic nitrogens is 1. The Morgan fingerprint density at radius 1 is 1.40 bits per heavy atom. The second-order valence-corrected chi connectivity index (χ2v) is 6.87. The number of rotatable bonds is 4. The molecule has 4 N–H and O–H groups in total. The zero-order valence-electron chi connectivity index (χ0n) is 10.5. The van der Waals surface area contributed by atoms with Gasteiger partial charge in [0.1, 0.15) is 9.88 Å². The molecule has 108 valence electrons. The van der Waals surface area contributed by atoms with E-state index in [1.807, 2.05) is 0 Å². The monoisotopic (exact) mass is 314 g/mol. The summed E-state index contributed by atoms with van der Waals surface area (Å²) in [4.78, 5) is 15.1. The first kappa shape index (κ1) is 14.8. The van der Waals surface area contributed by atoms with Crippen LogP contribution in [0.15, 0.2) is 23.2 Å². The van der Waals surface area contributed by atoms with Gasteiger partial charge in [-0.3, -0.25) is 9.78 Å². The Morgan fingerprint density at radius 2 is 2.10 bits per heavy atom. The molecule has 1 aromatic rings. The van der Waals surface area contributed by atoms with Gasteiger partial charge in [-0.1, -0.05) is 12.2 Å². The van der Waals surface area contributed by atoms with E-state index in [4.69, 9.17) is 23.7 Å². The Balaban J connectivity index is 2.23. The average molecular weight is 314 g/mol. The smallest absolute Gasteiger partial charge is 0.244 e. The molecule has 7 nitrogen and oxygen atoms in total. The van der Waals surface area contributed by atoms with Crippen LogP contribution in [0.2, 0.25) is 0 Å². The zero-order valence-corrected chi connectivity index (χ0v) is 12.2. The van der Waals surface area contributed by atoms with Gasteiger partial charge in [-0.25, -0.2) is 8.42 Å². The molecule has 1 aromatic heterocycles. The second kappa shape index (κ2) is 5.43. The van der Waals surface area contributed by atoms with Gasteiger partial charge >= 0.3 is 0 Å². The molecule has 0 bridgehead atoms. The number of hydrogen-bond donors (Lipinski definition) is 2. The number of sulfonamides is 1. The summed E-state index contributed by atoms with van der Waals surface area (Å²) in [6.45, 7) is 0.377. The van der Waals surface area contributed by atoms with Crippen molar-refractivity contribution in [3.05, 3.63) is 24.0 Å². The molecular weight excluding hydrogens is 300 g/mol. The van der Waals surface area contributed by atoms with Gasteiger partial charge in [-0.2, -0.15) is 4.31 Å². The van der Waals surface area contributed by atoms with Gasteiger partial charge in [0.05, 0.1) is 11.6 Å². The number of carbonyl (C=O) groups excluding carboxylic acids is 1. The van der Waals surface area contributed by atoms with E-state index < -0.39 is 21.8 Å². The molecule has 1 atom stereocenters. The number of hydrogen-bond acceptors (Lipinski definition) is 5. The number of amides is 1. The largest absolute Gasteiger partial charge is 0.388 e. The van der Waals surface area contributed by atoms with Crippen molar-refractivity contribution in [2.45, 2.75) is 11.3 Å². The third-order valence-corrected chi connectivity index (χ3v) is 5.24. The Hall–Kier alpha value is -1.58. The molecule has 0 aromatic carbocycles. The second-order valence-electron chi connectivity index (χ2n) is 4.49. The molecule has 2 rings (SSSR count). The first-order valence-corrected chi connectivity index (χ1v) is 7.72. The Labute approximate surface area is 122 Å². The van der Waals surface area contributed by atoms with Crippen molar-refractivity contribution in [3.8, 4) is 0 Å². The van der Waals surface area contributed by atoms with Gasteiger partial charge in [-0.15, -0.1) is 0 Å². The van der Waals surface area contributed by atoms with Crippen molar-refractivity contribution in [1.82, 2.24) is 9.29 Å². The van der Waals surface area contributed by atoms with Crippen LogP contribution in [0.1, 0.15) is 12.1 Å². The molecule has 1 unspecified atom stereocenters. The van der Waals surface area contributed by atoms with E-state index in [0.717, 1.165) is 0 Å². The summed E-state index contributed by atoms with van der Waals surface area (Å²) in [7, 11) is -3.67. The van der Waals surface area contributed by atoms with Crippen molar-refractivity contribution in [3.63, 3.8) is 0 Å². The van der Waals surface area contributed by atoms with E-state index in [0.29, 0.717) is 12.1 Å². The molecule has 2 heterocycles. The number of nitrogens with zero attached hydrogens (tertiary/aromatic N) is 2. The number of nitrogens with two attached hydrogens (primary N) is 2. The van der Waals surface area contributed by atoms with E-state index in [-0.39, 0.29) is 23.0 Å².